The summed E-state index contributed by atoms with van der Waals surface area (Å²) in [5.41, 5.74) is 9.45. The Morgan fingerprint density at radius 1 is 1.12 bits per heavy atom. The molecule has 0 aliphatic heterocycles. The smallest absolute Gasteiger partial charge is 0.142 e. The summed E-state index contributed by atoms with van der Waals surface area (Å²) in [6.45, 7) is 2.45. The van der Waals surface area contributed by atoms with E-state index in [1.54, 1.807) is 12.1 Å². The molecule has 0 bridgehead atoms. The first-order chi connectivity index (χ1) is 12.1. The molecule has 1 heterocycles. The highest BCUT2D eigenvalue weighted by atomic mass is 35.5. The van der Waals surface area contributed by atoms with Crippen molar-refractivity contribution in [2.45, 2.75) is 6.92 Å². The molecule has 0 atom stereocenters. The molecule has 1 aromatic heterocycles. The molecule has 0 aliphatic carbocycles. The van der Waals surface area contributed by atoms with Crippen LogP contribution >= 0.6 is 11.6 Å². The number of nitrogens with two attached hydrogens (primary N) is 1. The van der Waals surface area contributed by atoms with Gasteiger partial charge < -0.3 is 10.5 Å². The molecule has 124 valence electrons. The maximum Gasteiger partial charge on any atom is 0.142 e. The van der Waals surface area contributed by atoms with Crippen molar-refractivity contribution in [3.63, 3.8) is 0 Å². The topological polar surface area (TPSA) is 71.9 Å². The lowest BCUT2D eigenvalue weighted by Crippen LogP contribution is -2.01. The van der Waals surface area contributed by atoms with Crippen LogP contribution in [0, 0.1) is 11.3 Å². The van der Waals surface area contributed by atoms with Gasteiger partial charge in [-0.05, 0) is 31.2 Å². The average molecular weight is 350 g/mol. The van der Waals surface area contributed by atoms with E-state index in [2.05, 4.69) is 11.1 Å². The maximum absolute atomic E-state index is 9.55. The number of nitrogens with zero attached hydrogens (tertiary/aromatic N) is 2. The van der Waals surface area contributed by atoms with Crippen molar-refractivity contribution < 1.29 is 4.74 Å². The van der Waals surface area contributed by atoms with Crippen LogP contribution in [0.2, 0.25) is 5.02 Å². The van der Waals surface area contributed by atoms with Crippen molar-refractivity contribution in [1.29, 1.82) is 5.26 Å². The molecule has 25 heavy (non-hydrogen) atoms. The summed E-state index contributed by atoms with van der Waals surface area (Å²) in [5, 5.41) is 10.2. The van der Waals surface area contributed by atoms with Gasteiger partial charge in [0.25, 0.3) is 0 Å². The van der Waals surface area contributed by atoms with Gasteiger partial charge in [-0.2, -0.15) is 5.26 Å². The van der Waals surface area contributed by atoms with Gasteiger partial charge in [-0.15, -0.1) is 0 Å². The largest absolute Gasteiger partial charge is 0.493 e. The van der Waals surface area contributed by atoms with Gasteiger partial charge in [0.15, 0.2) is 0 Å². The lowest BCUT2D eigenvalue weighted by molar-refractivity contribution is 0.341. The predicted molar refractivity (Wildman–Crippen MR) is 100 cm³/mol. The number of rotatable bonds is 4. The van der Waals surface area contributed by atoms with Gasteiger partial charge in [0.1, 0.15) is 23.2 Å². The molecule has 0 spiro atoms. The summed E-state index contributed by atoms with van der Waals surface area (Å²) < 4.78 is 5.70. The second kappa shape index (κ2) is 7.25. The molecule has 2 N–H and O–H groups in total. The van der Waals surface area contributed by atoms with Gasteiger partial charge in [-0.25, -0.2) is 4.98 Å². The van der Waals surface area contributed by atoms with Crippen LogP contribution in [0.25, 0.3) is 22.4 Å². The van der Waals surface area contributed by atoms with Crippen molar-refractivity contribution in [3.05, 3.63) is 65.2 Å². The van der Waals surface area contributed by atoms with E-state index >= 15 is 0 Å². The van der Waals surface area contributed by atoms with E-state index in [-0.39, 0.29) is 5.82 Å². The minimum Gasteiger partial charge on any atom is -0.493 e. The molecular formula is C20H16ClN3O. The fourth-order valence-electron chi connectivity index (χ4n) is 2.63. The van der Waals surface area contributed by atoms with Crippen LogP contribution in [0.1, 0.15) is 12.5 Å². The maximum atomic E-state index is 9.55. The number of aromatic nitrogens is 1. The molecule has 0 saturated carbocycles. The molecule has 0 saturated heterocycles. The van der Waals surface area contributed by atoms with Gasteiger partial charge in [0, 0.05) is 21.7 Å². The number of halogens is 1. The minimum atomic E-state index is 0.191. The minimum absolute atomic E-state index is 0.191. The van der Waals surface area contributed by atoms with Crippen LogP contribution in [0.3, 0.4) is 0 Å². The molecule has 0 aliphatic rings. The molecule has 0 unspecified atom stereocenters. The van der Waals surface area contributed by atoms with Gasteiger partial charge in [0.05, 0.1) is 12.3 Å². The zero-order valence-electron chi connectivity index (χ0n) is 13.7. The van der Waals surface area contributed by atoms with Crippen LogP contribution in [0.5, 0.6) is 5.75 Å². The summed E-state index contributed by atoms with van der Waals surface area (Å²) in [4.78, 5) is 4.38. The number of ether oxygens (including phenoxy) is 1. The molecule has 0 radical (unpaired) electrons. The van der Waals surface area contributed by atoms with E-state index in [9.17, 15) is 5.26 Å². The van der Waals surface area contributed by atoms with Crippen molar-refractivity contribution in [2.24, 2.45) is 0 Å². The number of anilines is 1. The van der Waals surface area contributed by atoms with E-state index in [0.717, 1.165) is 11.1 Å². The highest BCUT2D eigenvalue weighted by molar-refractivity contribution is 6.30. The number of hydrogen-bond acceptors (Lipinski definition) is 4. The van der Waals surface area contributed by atoms with Crippen molar-refractivity contribution in [3.8, 4) is 34.2 Å². The molecule has 0 amide bonds. The third-order valence-electron chi connectivity index (χ3n) is 3.78. The van der Waals surface area contributed by atoms with Gasteiger partial charge in [0.2, 0.25) is 0 Å². The fourth-order valence-corrected chi connectivity index (χ4v) is 2.76. The Balaban J connectivity index is 2.22. The SMILES string of the molecule is CCOc1ccccc1-c1cc(-c2ccc(Cl)cc2)nc(N)c1C#N. The third kappa shape index (κ3) is 3.42. The predicted octanol–water partition coefficient (Wildman–Crippen LogP) is 4.92. The number of nitriles is 1. The summed E-state index contributed by atoms with van der Waals surface area (Å²) in [6, 6.07) is 18.9. The molecule has 0 fully saturated rings. The fraction of sp³-hybridized carbons (Fsp3) is 0.100. The van der Waals surface area contributed by atoms with E-state index < -0.39 is 0 Å². The Hall–Kier alpha value is -3.03. The van der Waals surface area contributed by atoms with E-state index in [0.29, 0.717) is 34.2 Å². The number of pyridine rings is 1. The van der Waals surface area contributed by atoms with Crippen LogP contribution in [-0.2, 0) is 0 Å². The summed E-state index contributed by atoms with van der Waals surface area (Å²) >= 11 is 5.96. The highest BCUT2D eigenvalue weighted by Gasteiger charge is 2.16. The third-order valence-corrected chi connectivity index (χ3v) is 4.03. The zero-order chi connectivity index (χ0) is 17.8. The van der Waals surface area contributed by atoms with Crippen LogP contribution < -0.4 is 10.5 Å². The van der Waals surface area contributed by atoms with Crippen LogP contribution in [0.4, 0.5) is 5.82 Å². The Bertz CT molecular complexity index is 946. The Kier molecular flexibility index (Phi) is 4.87. The Morgan fingerprint density at radius 3 is 2.52 bits per heavy atom. The molecule has 5 heteroatoms. The van der Waals surface area contributed by atoms with Crippen molar-refractivity contribution >= 4 is 17.4 Å². The first kappa shape index (κ1) is 16.8. The second-order valence-electron chi connectivity index (χ2n) is 5.36. The summed E-state index contributed by atoms with van der Waals surface area (Å²) in [6.07, 6.45) is 0. The highest BCUT2D eigenvalue weighted by Crippen LogP contribution is 2.36. The number of para-hydroxylation sites is 1. The van der Waals surface area contributed by atoms with Gasteiger partial charge >= 0.3 is 0 Å². The monoisotopic (exact) mass is 349 g/mol. The number of nitrogen functional groups attached to an aromatic ring is 1. The van der Waals surface area contributed by atoms with Gasteiger partial charge in [-0.3, -0.25) is 0 Å². The first-order valence-electron chi connectivity index (χ1n) is 7.82. The Morgan fingerprint density at radius 2 is 1.84 bits per heavy atom. The first-order valence-corrected chi connectivity index (χ1v) is 8.20. The average Bonchev–Trinajstić information content (AvgIpc) is 2.62. The standard InChI is InChI=1S/C20H16ClN3O/c1-2-25-19-6-4-3-5-15(19)16-11-18(24-20(23)17(16)12-22)13-7-9-14(21)10-8-13/h3-11H,2H2,1H3,(H2,23,24). The normalized spacial score (nSPS) is 10.3. The molecular weight excluding hydrogens is 334 g/mol. The zero-order valence-corrected chi connectivity index (χ0v) is 14.4. The molecule has 2 aromatic carbocycles. The van der Waals surface area contributed by atoms with E-state index in [1.807, 2.05) is 49.4 Å². The molecule has 4 nitrogen and oxygen atoms in total. The van der Waals surface area contributed by atoms with Crippen LogP contribution in [0.15, 0.2) is 54.6 Å². The lowest BCUT2D eigenvalue weighted by Gasteiger charge is -2.14. The second-order valence-corrected chi connectivity index (χ2v) is 5.80. The summed E-state index contributed by atoms with van der Waals surface area (Å²) in [5.74, 6) is 0.894. The van der Waals surface area contributed by atoms with Crippen molar-refractivity contribution in [1.82, 2.24) is 4.98 Å². The Labute approximate surface area is 151 Å². The quantitative estimate of drug-likeness (QED) is 0.725. The van der Waals surface area contributed by atoms with E-state index in [4.69, 9.17) is 22.1 Å². The van der Waals surface area contributed by atoms with E-state index in [1.165, 1.54) is 0 Å². The number of benzene rings is 2. The van der Waals surface area contributed by atoms with Crippen molar-refractivity contribution in [2.75, 3.05) is 12.3 Å². The molecule has 3 rings (SSSR count). The number of hydrogen-bond donors (Lipinski definition) is 1. The lowest BCUT2D eigenvalue weighted by atomic mass is 9.97. The van der Waals surface area contributed by atoms with Gasteiger partial charge in [-0.1, -0.05) is 41.9 Å². The summed E-state index contributed by atoms with van der Waals surface area (Å²) in [7, 11) is 0. The molecule has 3 aromatic rings. The van der Waals surface area contributed by atoms with Crippen LogP contribution in [-0.4, -0.2) is 11.6 Å².